The summed E-state index contributed by atoms with van der Waals surface area (Å²) in [6.45, 7) is 4.35. The van der Waals surface area contributed by atoms with Crippen molar-refractivity contribution in [2.24, 2.45) is 0 Å². The van der Waals surface area contributed by atoms with Gasteiger partial charge in [-0.25, -0.2) is 0 Å². The van der Waals surface area contributed by atoms with E-state index in [1.165, 1.54) is 0 Å². The van der Waals surface area contributed by atoms with Gasteiger partial charge in [0.1, 0.15) is 18.1 Å². The summed E-state index contributed by atoms with van der Waals surface area (Å²) in [4.78, 5) is 12.6. The second kappa shape index (κ2) is 10.4. The number of para-hydroxylation sites is 1. The maximum absolute atomic E-state index is 12.6. The van der Waals surface area contributed by atoms with E-state index in [1.54, 1.807) is 47.3 Å². The summed E-state index contributed by atoms with van der Waals surface area (Å²) >= 11 is 12.4. The highest BCUT2D eigenvalue weighted by molar-refractivity contribution is 6.35. The number of allylic oxidation sites excluding steroid dienone is 1. The minimum absolute atomic E-state index is 0.164. The van der Waals surface area contributed by atoms with E-state index in [4.69, 9.17) is 32.4 Å². The smallest absolute Gasteiger partial charge is 0.292 e. The summed E-state index contributed by atoms with van der Waals surface area (Å²) in [7, 11) is 0. The highest BCUT2D eigenvalue weighted by Crippen LogP contribution is 2.25. The van der Waals surface area contributed by atoms with Gasteiger partial charge < -0.3 is 14.5 Å². The predicted molar refractivity (Wildman–Crippen MR) is 129 cm³/mol. The molecule has 0 aliphatic carbocycles. The zero-order chi connectivity index (χ0) is 23.2. The van der Waals surface area contributed by atoms with Crippen LogP contribution in [0.5, 0.6) is 5.75 Å². The van der Waals surface area contributed by atoms with E-state index in [1.807, 2.05) is 30.3 Å². The molecule has 0 aliphatic heterocycles. The molecule has 0 atom stereocenters. The van der Waals surface area contributed by atoms with Crippen LogP contribution in [0.15, 0.2) is 83.9 Å². The molecule has 1 N–H and O–H groups in total. The molecule has 33 heavy (non-hydrogen) atoms. The Labute approximate surface area is 201 Å². The summed E-state index contributed by atoms with van der Waals surface area (Å²) in [5.74, 6) is 1.43. The molecule has 6 nitrogen and oxygen atoms in total. The molecule has 2 aromatic heterocycles. The Balaban J connectivity index is 1.36. The number of carbonyl (C=O) groups excluding carboxylic acids is 1. The van der Waals surface area contributed by atoms with Crippen LogP contribution in [0, 0.1) is 0 Å². The van der Waals surface area contributed by atoms with Crippen LogP contribution in [0.2, 0.25) is 10.0 Å². The van der Waals surface area contributed by atoms with Gasteiger partial charge in [0.2, 0.25) is 0 Å². The SMILES string of the molecule is C=CCc1ccccc1OCc1ccc(C(=O)Nc2ccn(Cc3c(Cl)cccc3Cl)n2)o1. The Bertz CT molecular complexity index is 1260. The zero-order valence-electron chi connectivity index (χ0n) is 17.6. The van der Waals surface area contributed by atoms with Gasteiger partial charge in [-0.05, 0) is 42.3 Å². The van der Waals surface area contributed by atoms with Crippen molar-refractivity contribution in [3.63, 3.8) is 0 Å². The van der Waals surface area contributed by atoms with Gasteiger partial charge in [-0.2, -0.15) is 5.10 Å². The molecular weight excluding hydrogens is 461 g/mol. The molecule has 0 aliphatic rings. The van der Waals surface area contributed by atoms with Gasteiger partial charge in [-0.15, -0.1) is 6.58 Å². The van der Waals surface area contributed by atoms with Gasteiger partial charge in [-0.1, -0.05) is 53.5 Å². The van der Waals surface area contributed by atoms with E-state index >= 15 is 0 Å². The zero-order valence-corrected chi connectivity index (χ0v) is 19.1. The number of amides is 1. The summed E-state index contributed by atoms with van der Waals surface area (Å²) in [6.07, 6.45) is 4.26. The van der Waals surface area contributed by atoms with Crippen molar-refractivity contribution in [1.82, 2.24) is 9.78 Å². The third kappa shape index (κ3) is 5.66. The van der Waals surface area contributed by atoms with Crippen molar-refractivity contribution in [2.75, 3.05) is 5.32 Å². The molecule has 0 bridgehead atoms. The highest BCUT2D eigenvalue weighted by atomic mass is 35.5. The number of aromatic nitrogens is 2. The average Bonchev–Trinajstić information content (AvgIpc) is 3.46. The fraction of sp³-hybridized carbons (Fsp3) is 0.120. The average molecular weight is 482 g/mol. The van der Waals surface area contributed by atoms with Crippen LogP contribution in [0.3, 0.4) is 0 Å². The first-order chi connectivity index (χ1) is 16.0. The normalized spacial score (nSPS) is 10.7. The monoisotopic (exact) mass is 481 g/mol. The van der Waals surface area contributed by atoms with Crippen molar-refractivity contribution in [3.8, 4) is 5.75 Å². The Morgan fingerprint density at radius 2 is 1.88 bits per heavy atom. The molecule has 0 radical (unpaired) electrons. The Hall–Kier alpha value is -3.48. The number of hydrogen-bond acceptors (Lipinski definition) is 4. The molecule has 0 fully saturated rings. The van der Waals surface area contributed by atoms with E-state index in [-0.39, 0.29) is 12.4 Å². The molecule has 0 spiro atoms. The number of ether oxygens (including phenoxy) is 1. The predicted octanol–water partition coefficient (Wildman–Crippen LogP) is 6.39. The van der Waals surface area contributed by atoms with Gasteiger partial charge in [0.25, 0.3) is 5.91 Å². The molecule has 8 heteroatoms. The first kappa shape index (κ1) is 22.7. The van der Waals surface area contributed by atoms with Gasteiger partial charge in [0.05, 0.1) is 6.54 Å². The number of anilines is 1. The molecule has 0 unspecified atom stereocenters. The minimum atomic E-state index is -0.408. The first-order valence-corrected chi connectivity index (χ1v) is 11.0. The van der Waals surface area contributed by atoms with Crippen molar-refractivity contribution < 1.29 is 13.9 Å². The maximum atomic E-state index is 12.6. The molecule has 2 aromatic carbocycles. The number of rotatable bonds is 9. The second-order valence-corrected chi connectivity index (χ2v) is 8.02. The molecule has 4 rings (SSSR count). The second-order valence-electron chi connectivity index (χ2n) is 7.21. The van der Waals surface area contributed by atoms with Crippen LogP contribution in [-0.4, -0.2) is 15.7 Å². The summed E-state index contributed by atoms with van der Waals surface area (Å²) in [5.41, 5.74) is 1.79. The molecular formula is C25H21Cl2N3O3. The van der Waals surface area contributed by atoms with Crippen LogP contribution in [0.4, 0.5) is 5.82 Å². The lowest BCUT2D eigenvalue weighted by Gasteiger charge is -2.08. The van der Waals surface area contributed by atoms with E-state index in [0.29, 0.717) is 34.6 Å². The molecule has 1 amide bonds. The number of nitrogens with zero attached hydrogens (tertiary/aromatic N) is 2. The molecule has 4 aromatic rings. The number of benzene rings is 2. The van der Waals surface area contributed by atoms with Crippen LogP contribution < -0.4 is 10.1 Å². The third-order valence-electron chi connectivity index (χ3n) is 4.86. The topological polar surface area (TPSA) is 69.3 Å². The summed E-state index contributed by atoms with van der Waals surface area (Å²) in [5, 5.41) is 8.19. The molecule has 2 heterocycles. The lowest BCUT2D eigenvalue weighted by molar-refractivity contribution is 0.0992. The highest BCUT2D eigenvalue weighted by Gasteiger charge is 2.14. The van der Waals surface area contributed by atoms with Gasteiger partial charge in [0.15, 0.2) is 11.6 Å². The number of furan rings is 1. The molecule has 168 valence electrons. The van der Waals surface area contributed by atoms with Crippen molar-refractivity contribution in [2.45, 2.75) is 19.6 Å². The summed E-state index contributed by atoms with van der Waals surface area (Å²) in [6, 6.07) is 18.0. The Morgan fingerprint density at radius 1 is 1.09 bits per heavy atom. The fourth-order valence-corrected chi connectivity index (χ4v) is 3.75. The minimum Gasteiger partial charge on any atom is -0.485 e. The van der Waals surface area contributed by atoms with Gasteiger partial charge in [0, 0.05) is 27.9 Å². The van der Waals surface area contributed by atoms with Gasteiger partial charge >= 0.3 is 0 Å². The number of halogens is 2. The van der Waals surface area contributed by atoms with Crippen LogP contribution in [0.1, 0.15) is 27.4 Å². The van der Waals surface area contributed by atoms with Crippen LogP contribution in [0.25, 0.3) is 0 Å². The van der Waals surface area contributed by atoms with E-state index < -0.39 is 5.91 Å². The Kier molecular flexibility index (Phi) is 7.17. The Morgan fingerprint density at radius 3 is 2.67 bits per heavy atom. The number of hydrogen-bond donors (Lipinski definition) is 1. The third-order valence-corrected chi connectivity index (χ3v) is 5.56. The van der Waals surface area contributed by atoms with E-state index in [0.717, 1.165) is 16.9 Å². The van der Waals surface area contributed by atoms with Crippen molar-refractivity contribution >= 4 is 34.9 Å². The van der Waals surface area contributed by atoms with Gasteiger partial charge in [-0.3, -0.25) is 9.48 Å². The van der Waals surface area contributed by atoms with E-state index in [9.17, 15) is 4.79 Å². The summed E-state index contributed by atoms with van der Waals surface area (Å²) < 4.78 is 13.1. The standard InChI is InChI=1S/C25H21Cl2N3O3/c1-2-6-17-7-3-4-10-22(17)32-16-18-11-12-23(33-18)25(31)28-24-13-14-30(29-24)15-19-20(26)8-5-9-21(19)27/h2-5,7-14H,1,6,15-16H2,(H,28,29,31). The van der Waals surface area contributed by atoms with E-state index in [2.05, 4.69) is 17.0 Å². The molecule has 0 saturated heterocycles. The largest absolute Gasteiger partial charge is 0.485 e. The number of nitrogens with one attached hydrogen (secondary N) is 1. The van der Waals surface area contributed by atoms with Crippen molar-refractivity contribution in [3.05, 3.63) is 112 Å². The first-order valence-electron chi connectivity index (χ1n) is 10.2. The number of carbonyl (C=O) groups is 1. The molecule has 0 saturated carbocycles. The fourth-order valence-electron chi connectivity index (χ4n) is 3.23. The lowest BCUT2D eigenvalue weighted by atomic mass is 10.1. The van der Waals surface area contributed by atoms with Crippen LogP contribution >= 0.6 is 23.2 Å². The van der Waals surface area contributed by atoms with Crippen LogP contribution in [-0.2, 0) is 19.6 Å². The quantitative estimate of drug-likeness (QED) is 0.281. The van der Waals surface area contributed by atoms with Crippen molar-refractivity contribution in [1.29, 1.82) is 0 Å². The maximum Gasteiger partial charge on any atom is 0.292 e. The lowest BCUT2D eigenvalue weighted by Crippen LogP contribution is -2.12.